The van der Waals surface area contributed by atoms with Gasteiger partial charge in [-0.3, -0.25) is 4.48 Å². The van der Waals surface area contributed by atoms with Crippen molar-refractivity contribution < 1.29 is 41.9 Å². The number of quaternary nitrogens is 1. The number of alkyl halides is 3. The molecule has 2 aromatic rings. The summed E-state index contributed by atoms with van der Waals surface area (Å²) in [6.07, 6.45) is -2.79. The van der Waals surface area contributed by atoms with Crippen molar-refractivity contribution in [3.05, 3.63) is 65.2 Å². The van der Waals surface area contributed by atoms with Gasteiger partial charge in [0, 0.05) is 76.6 Å². The highest BCUT2D eigenvalue weighted by atomic mass is 19.4. The summed E-state index contributed by atoms with van der Waals surface area (Å²) in [7, 11) is 0. The Morgan fingerprint density at radius 2 is 1.71 bits per heavy atom. The third-order valence-corrected chi connectivity index (χ3v) is 11.0. The Bertz CT molecular complexity index is 1510. The topological polar surface area (TPSA) is 111 Å². The zero-order chi connectivity index (χ0) is 34.8. The molecule has 3 saturated heterocycles. The smallest absolute Gasteiger partial charge is 0.416 e. The number of carbonyl (C=O) groups is 3. The second kappa shape index (κ2) is 14.3. The summed E-state index contributed by atoms with van der Waals surface area (Å²) < 4.78 is 47.0. The first kappa shape index (κ1) is 35.2. The quantitative estimate of drug-likeness (QED) is 0.372. The van der Waals surface area contributed by atoms with Crippen molar-refractivity contribution in [3.8, 4) is 0 Å². The molecule has 0 saturated carbocycles. The van der Waals surface area contributed by atoms with Crippen molar-refractivity contribution in [1.82, 2.24) is 15.1 Å². The lowest BCUT2D eigenvalue weighted by Crippen LogP contribution is -2.69. The molecule has 0 unspecified atom stereocenters. The summed E-state index contributed by atoms with van der Waals surface area (Å²) in [4.78, 5) is 45.0. The van der Waals surface area contributed by atoms with Gasteiger partial charge >= 0.3 is 24.2 Å². The Kier molecular flexibility index (Phi) is 10.2. The van der Waals surface area contributed by atoms with Crippen LogP contribution in [0.4, 0.5) is 28.4 Å². The fraction of sp³-hybridized carbons (Fsp3) is 0.583. The summed E-state index contributed by atoms with van der Waals surface area (Å²) in [6, 6.07) is 12.2. The van der Waals surface area contributed by atoms with Gasteiger partial charge in [-0.1, -0.05) is 36.4 Å². The minimum atomic E-state index is -4.56. The number of ether oxygens (including phenoxy) is 1. The molecule has 266 valence electrons. The molecule has 0 spiro atoms. The first-order valence-electron chi connectivity index (χ1n) is 17.5. The molecule has 49 heavy (non-hydrogen) atoms. The van der Waals surface area contributed by atoms with Crippen LogP contribution in [0.2, 0.25) is 0 Å². The zero-order valence-corrected chi connectivity index (χ0v) is 28.0. The molecule has 4 amide bonds. The second-order valence-electron chi connectivity index (χ2n) is 14.3. The van der Waals surface area contributed by atoms with E-state index in [4.69, 9.17) is 4.74 Å². The molecule has 4 aliphatic rings. The molecule has 0 bridgehead atoms. The minimum absolute atomic E-state index is 0.0310. The third-order valence-electron chi connectivity index (χ3n) is 11.0. The van der Waals surface area contributed by atoms with Crippen LogP contribution in [0, 0.1) is 0 Å². The molecule has 3 fully saturated rings. The van der Waals surface area contributed by atoms with E-state index in [1.165, 1.54) is 17.0 Å². The number of likely N-dealkylation sites (tertiary alicyclic amines) is 2. The predicted molar refractivity (Wildman–Crippen MR) is 177 cm³/mol. The Morgan fingerprint density at radius 3 is 2.41 bits per heavy atom. The van der Waals surface area contributed by atoms with Crippen molar-refractivity contribution in [1.29, 1.82) is 0 Å². The maximum atomic E-state index is 14.8. The number of piperidine rings is 3. The Hall–Kier alpha value is -3.68. The van der Waals surface area contributed by atoms with Gasteiger partial charge in [-0.05, 0) is 49.4 Å². The number of para-hydroxylation sites is 1. The van der Waals surface area contributed by atoms with E-state index in [1.807, 2.05) is 29.2 Å². The molecule has 10 nitrogen and oxygen atoms in total. The van der Waals surface area contributed by atoms with E-state index in [0.717, 1.165) is 49.3 Å². The van der Waals surface area contributed by atoms with Crippen molar-refractivity contribution >= 4 is 23.7 Å². The zero-order valence-electron chi connectivity index (χ0n) is 28.0. The first-order chi connectivity index (χ1) is 23.3. The number of nitrogens with zero attached hydrogens (tertiary/aromatic N) is 3. The Labute approximate surface area is 285 Å². The van der Waals surface area contributed by atoms with Gasteiger partial charge in [0.05, 0.1) is 30.3 Å². The summed E-state index contributed by atoms with van der Waals surface area (Å²) >= 11 is 0. The van der Waals surface area contributed by atoms with Crippen LogP contribution in [-0.2, 0) is 28.5 Å². The molecule has 13 heteroatoms. The summed E-state index contributed by atoms with van der Waals surface area (Å²) in [5.74, 6) is -0.330. The largest absolute Gasteiger partial charge is 0.431 e. The molecule has 0 aromatic heterocycles. The van der Waals surface area contributed by atoms with Crippen LogP contribution >= 0.6 is 0 Å². The van der Waals surface area contributed by atoms with Crippen molar-refractivity contribution in [2.45, 2.75) is 88.3 Å². The van der Waals surface area contributed by atoms with Gasteiger partial charge in [0.2, 0.25) is 6.10 Å². The number of rotatable bonds is 6. The van der Waals surface area contributed by atoms with Gasteiger partial charge < -0.3 is 30.3 Å². The number of halogens is 3. The maximum Gasteiger partial charge on any atom is 0.416 e. The monoisotopic (exact) mass is 686 g/mol. The second-order valence-corrected chi connectivity index (χ2v) is 14.3. The van der Waals surface area contributed by atoms with E-state index in [1.54, 1.807) is 6.92 Å². The maximum absolute atomic E-state index is 14.8. The van der Waals surface area contributed by atoms with Crippen LogP contribution in [0.25, 0.3) is 0 Å². The third kappa shape index (κ3) is 7.89. The number of aliphatic hydroxyl groups is 1. The number of hydrogen-bond donors (Lipinski definition) is 3. The van der Waals surface area contributed by atoms with E-state index in [9.17, 15) is 32.7 Å². The number of hydrogen-bond acceptors (Lipinski definition) is 6. The highest BCUT2D eigenvalue weighted by molar-refractivity contribution is 5.91. The number of fused-ring (bicyclic) bond motifs is 1. The minimum Gasteiger partial charge on any atom is -0.431 e. The van der Waals surface area contributed by atoms with Crippen molar-refractivity contribution in [2.75, 3.05) is 51.1 Å². The van der Waals surface area contributed by atoms with Crippen LogP contribution in [-0.4, -0.2) is 107 Å². The number of anilines is 1. The number of amides is 4. The molecular weight excluding hydrogens is 639 g/mol. The van der Waals surface area contributed by atoms with E-state index in [-0.39, 0.29) is 40.5 Å². The Balaban J connectivity index is 1.19. The Morgan fingerprint density at radius 1 is 1.02 bits per heavy atom. The lowest BCUT2D eigenvalue weighted by atomic mass is 9.87. The van der Waals surface area contributed by atoms with E-state index < -0.39 is 29.5 Å². The molecule has 1 atom stereocenters. The molecular formula is C36H47F3N5O5+. The summed E-state index contributed by atoms with van der Waals surface area (Å²) in [6.45, 7) is 5.09. The molecule has 0 radical (unpaired) electrons. The van der Waals surface area contributed by atoms with Gasteiger partial charge in [-0.2, -0.15) is 13.2 Å². The fourth-order valence-corrected chi connectivity index (χ4v) is 8.03. The highest BCUT2D eigenvalue weighted by Gasteiger charge is 2.53. The molecule has 4 heterocycles. The van der Waals surface area contributed by atoms with Crippen LogP contribution in [0.15, 0.2) is 48.5 Å². The van der Waals surface area contributed by atoms with E-state index in [0.29, 0.717) is 64.8 Å². The van der Waals surface area contributed by atoms with Gasteiger partial charge in [0.15, 0.2) is 0 Å². The fourth-order valence-electron chi connectivity index (χ4n) is 8.03. The van der Waals surface area contributed by atoms with E-state index in [2.05, 4.69) is 10.6 Å². The lowest BCUT2D eigenvalue weighted by molar-refractivity contribution is -0.889. The van der Waals surface area contributed by atoms with Crippen LogP contribution < -0.4 is 10.6 Å². The molecule has 4 aliphatic heterocycles. The highest BCUT2D eigenvalue weighted by Crippen LogP contribution is 2.35. The van der Waals surface area contributed by atoms with Gasteiger partial charge in [0.1, 0.15) is 0 Å². The van der Waals surface area contributed by atoms with Crippen molar-refractivity contribution in [2.24, 2.45) is 0 Å². The average Bonchev–Trinajstić information content (AvgIpc) is 3.26. The molecule has 3 N–H and O–H groups in total. The predicted octanol–water partition coefficient (Wildman–Crippen LogP) is 4.95. The van der Waals surface area contributed by atoms with Crippen LogP contribution in [0.3, 0.4) is 0 Å². The lowest BCUT2D eigenvalue weighted by Gasteiger charge is -2.50. The molecule has 0 aliphatic carbocycles. The number of carbonyl (C=O) groups excluding carboxylic acids is 3. The number of nitrogens with one attached hydrogen (secondary N) is 2. The standard InChI is InChI=1S/C36H46F3N5O5/c1-35(48)14-21-44(22-15-35,29-9-16-40-17-10-29)32(45)31(24-25-5-4-7-27(23-25)36(37,38)39)49-34(47)42-18-12-28(13-19-42)43-20-11-26-6-2-3-8-30(26)41-33(43)46/h2-8,23,28-29,31,40,48H,9-22,24H2,1H3/p+1/t31-,35?,44?/m1/s1. The molecule has 6 rings (SSSR count). The van der Waals surface area contributed by atoms with E-state index >= 15 is 0 Å². The van der Waals surface area contributed by atoms with Gasteiger partial charge in [0.25, 0.3) is 0 Å². The summed E-state index contributed by atoms with van der Waals surface area (Å²) in [5.41, 5.74) is 0.356. The molecule has 2 aromatic carbocycles. The number of urea groups is 1. The summed E-state index contributed by atoms with van der Waals surface area (Å²) in [5, 5.41) is 17.1. The first-order valence-corrected chi connectivity index (χ1v) is 17.5. The number of benzene rings is 2. The average molecular weight is 687 g/mol. The normalized spacial score (nSPS) is 26.3. The van der Waals surface area contributed by atoms with Crippen LogP contribution in [0.1, 0.15) is 62.1 Å². The van der Waals surface area contributed by atoms with Crippen LogP contribution in [0.5, 0.6) is 0 Å². The van der Waals surface area contributed by atoms with Crippen molar-refractivity contribution in [3.63, 3.8) is 0 Å². The van der Waals surface area contributed by atoms with Gasteiger partial charge in [-0.25, -0.2) is 14.4 Å². The SMILES string of the molecule is CC1(O)CC[N+](C(=O)[C@@H](Cc2cccc(C(F)(F)F)c2)OC(=O)N2CCC(N3CCc4ccccc4NC3=O)CC2)(C2CCNCC2)CC1. The van der Waals surface area contributed by atoms with Gasteiger partial charge in [-0.15, -0.1) is 0 Å².